The molecule has 1 aromatic carbocycles. The molecule has 0 aliphatic carbocycles. The average Bonchev–Trinajstić information content (AvgIpc) is 2.18. The van der Waals surface area contributed by atoms with Crippen molar-refractivity contribution in [3.63, 3.8) is 0 Å². The summed E-state index contributed by atoms with van der Waals surface area (Å²) in [5, 5.41) is 4.34. The summed E-state index contributed by atoms with van der Waals surface area (Å²) in [6.45, 7) is 0.849. The Labute approximate surface area is 94.4 Å². The van der Waals surface area contributed by atoms with Crippen LogP contribution >= 0.6 is 23.2 Å². The van der Waals surface area contributed by atoms with Crippen LogP contribution in [-0.4, -0.2) is 6.54 Å². The van der Waals surface area contributed by atoms with Crippen LogP contribution in [0.25, 0.3) is 0 Å². The van der Waals surface area contributed by atoms with Gasteiger partial charge in [0.25, 0.3) is 0 Å². The van der Waals surface area contributed by atoms with Crippen molar-refractivity contribution in [3.05, 3.63) is 28.2 Å². The van der Waals surface area contributed by atoms with Gasteiger partial charge in [0, 0.05) is 18.7 Å². The quantitative estimate of drug-likeness (QED) is 0.610. The molecule has 0 atom stereocenters. The van der Waals surface area contributed by atoms with Gasteiger partial charge in [0.1, 0.15) is 0 Å². The Balaban J connectivity index is 2.44. The van der Waals surface area contributed by atoms with Crippen molar-refractivity contribution in [2.45, 2.75) is 12.8 Å². The number of rotatable bonds is 4. The van der Waals surface area contributed by atoms with Gasteiger partial charge >= 0.3 is 0 Å². The van der Waals surface area contributed by atoms with Crippen LogP contribution in [0.4, 0.5) is 5.69 Å². The van der Waals surface area contributed by atoms with Gasteiger partial charge in [0.15, 0.2) is 0 Å². The molecule has 0 aromatic heterocycles. The summed E-state index contributed by atoms with van der Waals surface area (Å²) in [4.78, 5) is 0. The fourth-order valence-corrected chi connectivity index (χ4v) is 1.33. The number of hydrogen-bond donors (Lipinski definition) is 1. The van der Waals surface area contributed by atoms with E-state index in [4.69, 9.17) is 29.6 Å². The zero-order valence-corrected chi connectivity index (χ0v) is 9.20. The lowest BCUT2D eigenvalue weighted by atomic mass is 10.3. The smallest absolute Gasteiger partial charge is 0.0612 e. The largest absolute Gasteiger partial charge is 0.385 e. The summed E-state index contributed by atoms with van der Waals surface area (Å²) in [5.74, 6) is 2.59. The first kappa shape index (κ1) is 11.2. The predicted molar refractivity (Wildman–Crippen MR) is 63.0 cm³/mol. The molecule has 0 aliphatic rings. The highest BCUT2D eigenvalue weighted by Gasteiger charge is 1.97. The topological polar surface area (TPSA) is 12.0 Å². The molecule has 74 valence electrons. The summed E-state index contributed by atoms with van der Waals surface area (Å²) in [5.41, 5.74) is 0.969. The second-order valence-corrected chi connectivity index (χ2v) is 3.68. The lowest BCUT2D eigenvalue weighted by Crippen LogP contribution is -2.00. The van der Waals surface area contributed by atoms with E-state index in [0.29, 0.717) is 10.0 Å². The van der Waals surface area contributed by atoms with Gasteiger partial charge in [0.05, 0.1) is 10.0 Å². The minimum Gasteiger partial charge on any atom is -0.385 e. The van der Waals surface area contributed by atoms with Gasteiger partial charge in [-0.3, -0.25) is 0 Å². The summed E-state index contributed by atoms with van der Waals surface area (Å²) in [7, 11) is 0. The highest BCUT2D eigenvalue weighted by atomic mass is 35.5. The minimum atomic E-state index is 0.564. The molecule has 1 rings (SSSR count). The summed E-state index contributed by atoms with van der Waals surface area (Å²) >= 11 is 11.6. The predicted octanol–water partition coefficient (Wildman–Crippen LogP) is 3.82. The van der Waals surface area contributed by atoms with Gasteiger partial charge in [-0.2, -0.15) is 0 Å². The van der Waals surface area contributed by atoms with Crippen LogP contribution in [0.5, 0.6) is 0 Å². The van der Waals surface area contributed by atoms with E-state index in [-0.39, 0.29) is 0 Å². The van der Waals surface area contributed by atoms with Crippen molar-refractivity contribution in [2.24, 2.45) is 0 Å². The Morgan fingerprint density at radius 3 is 2.71 bits per heavy atom. The second-order valence-electron chi connectivity index (χ2n) is 2.86. The second kappa shape index (κ2) is 5.80. The van der Waals surface area contributed by atoms with Crippen molar-refractivity contribution >= 4 is 28.9 Å². The summed E-state index contributed by atoms with van der Waals surface area (Å²) in [6.07, 6.45) is 6.88. The van der Waals surface area contributed by atoms with Crippen molar-refractivity contribution in [1.82, 2.24) is 0 Å². The van der Waals surface area contributed by atoms with Gasteiger partial charge in [-0.05, 0) is 24.6 Å². The minimum absolute atomic E-state index is 0.564. The molecule has 0 saturated heterocycles. The molecule has 0 radical (unpaired) electrons. The molecular weight excluding hydrogens is 217 g/mol. The third-order valence-electron chi connectivity index (χ3n) is 1.75. The van der Waals surface area contributed by atoms with E-state index in [1.54, 1.807) is 12.1 Å². The number of unbranched alkanes of at least 4 members (excludes halogenated alkanes) is 1. The number of benzene rings is 1. The maximum atomic E-state index is 5.85. The third kappa shape index (κ3) is 3.49. The fourth-order valence-electron chi connectivity index (χ4n) is 1.03. The van der Waals surface area contributed by atoms with E-state index in [1.165, 1.54) is 0 Å². The lowest BCUT2D eigenvalue weighted by molar-refractivity contribution is 0.907. The van der Waals surface area contributed by atoms with Gasteiger partial charge in [-0.25, -0.2) is 0 Å². The zero-order chi connectivity index (χ0) is 10.4. The van der Waals surface area contributed by atoms with Crippen LogP contribution in [0.2, 0.25) is 10.0 Å². The van der Waals surface area contributed by atoms with Crippen LogP contribution in [-0.2, 0) is 0 Å². The van der Waals surface area contributed by atoms with E-state index >= 15 is 0 Å². The Kier molecular flexibility index (Phi) is 4.65. The van der Waals surface area contributed by atoms with Crippen molar-refractivity contribution < 1.29 is 0 Å². The molecule has 0 heterocycles. The van der Waals surface area contributed by atoms with Crippen molar-refractivity contribution in [1.29, 1.82) is 0 Å². The van der Waals surface area contributed by atoms with E-state index in [2.05, 4.69) is 11.2 Å². The molecule has 0 fully saturated rings. The molecule has 14 heavy (non-hydrogen) atoms. The highest BCUT2D eigenvalue weighted by molar-refractivity contribution is 6.42. The highest BCUT2D eigenvalue weighted by Crippen LogP contribution is 2.24. The molecule has 1 N–H and O–H groups in total. The molecule has 0 spiro atoms. The molecular formula is C11H11Cl2N. The Morgan fingerprint density at radius 2 is 2.07 bits per heavy atom. The number of hydrogen-bond acceptors (Lipinski definition) is 1. The van der Waals surface area contributed by atoms with Crippen LogP contribution < -0.4 is 5.32 Å². The number of halogens is 2. The molecule has 0 aliphatic heterocycles. The third-order valence-corrected chi connectivity index (χ3v) is 2.49. The van der Waals surface area contributed by atoms with E-state index in [1.807, 2.05) is 6.07 Å². The fraction of sp³-hybridized carbons (Fsp3) is 0.273. The van der Waals surface area contributed by atoms with Crippen LogP contribution in [0.15, 0.2) is 18.2 Å². The van der Waals surface area contributed by atoms with Gasteiger partial charge < -0.3 is 5.32 Å². The summed E-state index contributed by atoms with van der Waals surface area (Å²) in [6, 6.07) is 5.47. The van der Waals surface area contributed by atoms with Gasteiger partial charge in [0.2, 0.25) is 0 Å². The molecule has 1 aromatic rings. The normalized spacial score (nSPS) is 9.50. The van der Waals surface area contributed by atoms with Crippen LogP contribution in [0.1, 0.15) is 12.8 Å². The Hall–Kier alpha value is -0.840. The first-order chi connectivity index (χ1) is 6.74. The molecule has 0 amide bonds. The zero-order valence-electron chi connectivity index (χ0n) is 7.69. The first-order valence-electron chi connectivity index (χ1n) is 4.36. The molecule has 1 nitrogen and oxygen atoms in total. The first-order valence-corrected chi connectivity index (χ1v) is 5.12. The number of terminal acetylenes is 1. The monoisotopic (exact) mass is 227 g/mol. The van der Waals surface area contributed by atoms with Crippen LogP contribution in [0.3, 0.4) is 0 Å². The maximum absolute atomic E-state index is 5.85. The number of nitrogens with one attached hydrogen (secondary N) is 1. The van der Waals surface area contributed by atoms with Gasteiger partial charge in [-0.15, -0.1) is 12.3 Å². The standard InChI is InChI=1S/C11H11Cl2N/c1-2-3-4-7-14-9-5-6-10(12)11(13)8-9/h1,5-6,8,14H,3-4,7H2. The Morgan fingerprint density at radius 1 is 1.29 bits per heavy atom. The SMILES string of the molecule is C#CCCCNc1ccc(Cl)c(Cl)c1. The molecule has 0 saturated carbocycles. The molecule has 0 unspecified atom stereocenters. The van der Waals surface area contributed by atoms with Crippen LogP contribution in [0, 0.1) is 12.3 Å². The maximum Gasteiger partial charge on any atom is 0.0612 e. The van der Waals surface area contributed by atoms with Gasteiger partial charge in [-0.1, -0.05) is 23.2 Å². The molecule has 3 heteroatoms. The molecule has 0 bridgehead atoms. The van der Waals surface area contributed by atoms with E-state index in [9.17, 15) is 0 Å². The van der Waals surface area contributed by atoms with E-state index < -0.39 is 0 Å². The summed E-state index contributed by atoms with van der Waals surface area (Å²) < 4.78 is 0. The Bertz CT molecular complexity index is 342. The van der Waals surface area contributed by atoms with Crippen molar-refractivity contribution in [3.8, 4) is 12.3 Å². The van der Waals surface area contributed by atoms with Crippen molar-refractivity contribution in [2.75, 3.05) is 11.9 Å². The average molecular weight is 228 g/mol. The lowest BCUT2D eigenvalue weighted by Gasteiger charge is -2.05. The number of anilines is 1. The van der Waals surface area contributed by atoms with E-state index in [0.717, 1.165) is 25.1 Å².